The lowest BCUT2D eigenvalue weighted by molar-refractivity contribution is -0.137. The van der Waals surface area contributed by atoms with Crippen LogP contribution in [0.4, 0.5) is 5.69 Å². The van der Waals surface area contributed by atoms with Gasteiger partial charge in [0.25, 0.3) is 11.8 Å². The van der Waals surface area contributed by atoms with Crippen molar-refractivity contribution in [2.24, 2.45) is 0 Å². The summed E-state index contributed by atoms with van der Waals surface area (Å²) < 4.78 is 5.60. The topological polar surface area (TPSA) is 58.6 Å². The lowest BCUT2D eigenvalue weighted by atomic mass is 9.87. The standard InChI is InChI=1S/C28H36N2O3/c1-18(2)33-16-8-15-30-26(31)24(21-10-9-19(3)20(4)17-21)25(27(30)32)29-23-13-11-22(12-14-23)28(5,6)7/h9-14,17-18,29H,8,15-16H2,1-7H3. The summed E-state index contributed by atoms with van der Waals surface area (Å²) in [6.07, 6.45) is 0.719. The zero-order valence-electron chi connectivity index (χ0n) is 20.9. The lowest BCUT2D eigenvalue weighted by Crippen LogP contribution is -2.34. The van der Waals surface area contributed by atoms with Gasteiger partial charge in [-0.15, -0.1) is 0 Å². The number of benzene rings is 2. The van der Waals surface area contributed by atoms with Crippen molar-refractivity contribution in [1.82, 2.24) is 4.90 Å². The number of imide groups is 1. The van der Waals surface area contributed by atoms with Gasteiger partial charge < -0.3 is 10.1 Å². The van der Waals surface area contributed by atoms with Crippen molar-refractivity contribution in [1.29, 1.82) is 0 Å². The van der Waals surface area contributed by atoms with E-state index in [1.165, 1.54) is 10.5 Å². The van der Waals surface area contributed by atoms with Crippen molar-refractivity contribution in [2.45, 2.75) is 66.4 Å². The maximum atomic E-state index is 13.4. The van der Waals surface area contributed by atoms with E-state index in [1.807, 2.05) is 58.0 Å². The molecule has 1 aliphatic rings. The second-order valence-electron chi connectivity index (χ2n) is 10.0. The maximum Gasteiger partial charge on any atom is 0.278 e. The minimum absolute atomic E-state index is 0.0381. The third-order valence-corrected chi connectivity index (χ3v) is 5.96. The van der Waals surface area contributed by atoms with E-state index >= 15 is 0 Å². The summed E-state index contributed by atoms with van der Waals surface area (Å²) in [7, 11) is 0. The predicted octanol–water partition coefficient (Wildman–Crippen LogP) is 5.61. The zero-order chi connectivity index (χ0) is 24.3. The smallest absolute Gasteiger partial charge is 0.278 e. The molecule has 0 bridgehead atoms. The molecule has 1 heterocycles. The van der Waals surface area contributed by atoms with Crippen molar-refractivity contribution < 1.29 is 14.3 Å². The van der Waals surface area contributed by atoms with Crippen LogP contribution in [0.1, 0.15) is 63.3 Å². The number of hydrogen-bond acceptors (Lipinski definition) is 4. The highest BCUT2D eigenvalue weighted by Crippen LogP contribution is 2.32. The molecule has 0 unspecified atom stereocenters. The van der Waals surface area contributed by atoms with Gasteiger partial charge in [0, 0.05) is 18.8 Å². The summed E-state index contributed by atoms with van der Waals surface area (Å²) in [6, 6.07) is 13.9. The van der Waals surface area contributed by atoms with Gasteiger partial charge in [-0.1, -0.05) is 51.1 Å². The molecular formula is C28H36N2O3. The number of aryl methyl sites for hydroxylation is 2. The first-order valence-electron chi connectivity index (χ1n) is 11.7. The zero-order valence-corrected chi connectivity index (χ0v) is 20.9. The van der Waals surface area contributed by atoms with Crippen molar-refractivity contribution in [3.63, 3.8) is 0 Å². The summed E-state index contributed by atoms with van der Waals surface area (Å²) in [5.41, 5.74) is 5.76. The molecule has 5 nitrogen and oxygen atoms in total. The second kappa shape index (κ2) is 9.92. The SMILES string of the molecule is Cc1ccc(C2=C(Nc3ccc(C(C)(C)C)cc3)C(=O)N(CCCOC(C)C)C2=O)cc1C. The highest BCUT2D eigenvalue weighted by Gasteiger charge is 2.39. The third-order valence-electron chi connectivity index (χ3n) is 5.96. The van der Waals surface area contributed by atoms with E-state index in [0.717, 1.165) is 22.4 Å². The first kappa shape index (κ1) is 24.7. The molecule has 1 aliphatic heterocycles. The highest BCUT2D eigenvalue weighted by molar-refractivity contribution is 6.36. The Hall–Kier alpha value is -2.92. The van der Waals surface area contributed by atoms with Gasteiger partial charge in [-0.25, -0.2) is 0 Å². The molecule has 176 valence electrons. The predicted molar refractivity (Wildman–Crippen MR) is 134 cm³/mol. The molecule has 0 aliphatic carbocycles. The number of amides is 2. The van der Waals surface area contributed by atoms with E-state index in [0.29, 0.717) is 30.8 Å². The molecule has 0 aromatic heterocycles. The number of hydrogen-bond donors (Lipinski definition) is 1. The van der Waals surface area contributed by atoms with Crippen LogP contribution < -0.4 is 5.32 Å². The van der Waals surface area contributed by atoms with Crippen LogP contribution in [0, 0.1) is 13.8 Å². The molecule has 0 fully saturated rings. The van der Waals surface area contributed by atoms with Gasteiger partial charge in [-0.2, -0.15) is 0 Å². The Bertz CT molecular complexity index is 1060. The van der Waals surface area contributed by atoms with E-state index in [2.05, 4.69) is 38.2 Å². The second-order valence-corrected chi connectivity index (χ2v) is 10.0. The maximum absolute atomic E-state index is 13.4. The molecule has 0 saturated heterocycles. The highest BCUT2D eigenvalue weighted by atomic mass is 16.5. The van der Waals surface area contributed by atoms with Crippen molar-refractivity contribution >= 4 is 23.1 Å². The Morgan fingerprint density at radius 2 is 1.61 bits per heavy atom. The van der Waals surface area contributed by atoms with E-state index in [4.69, 9.17) is 4.74 Å². The summed E-state index contributed by atoms with van der Waals surface area (Å²) in [5, 5.41) is 3.26. The van der Waals surface area contributed by atoms with Crippen LogP contribution in [-0.2, 0) is 19.7 Å². The van der Waals surface area contributed by atoms with Crippen LogP contribution >= 0.6 is 0 Å². The molecular weight excluding hydrogens is 412 g/mol. The van der Waals surface area contributed by atoms with Gasteiger partial charge in [0.05, 0.1) is 11.7 Å². The van der Waals surface area contributed by atoms with Crippen LogP contribution in [0.3, 0.4) is 0 Å². The Labute approximate surface area is 197 Å². The molecule has 2 amide bonds. The monoisotopic (exact) mass is 448 g/mol. The van der Waals surface area contributed by atoms with E-state index in [-0.39, 0.29) is 23.3 Å². The molecule has 0 spiro atoms. The fourth-order valence-electron chi connectivity index (χ4n) is 3.80. The minimum atomic E-state index is -0.294. The Morgan fingerprint density at radius 1 is 0.939 bits per heavy atom. The number of rotatable bonds is 8. The molecule has 3 rings (SSSR count). The van der Waals surface area contributed by atoms with Crippen LogP contribution in [0.25, 0.3) is 5.57 Å². The summed E-state index contributed by atoms with van der Waals surface area (Å²) >= 11 is 0. The van der Waals surface area contributed by atoms with Crippen LogP contribution in [0.2, 0.25) is 0 Å². The number of ether oxygens (including phenoxy) is 1. The molecule has 0 atom stereocenters. The van der Waals surface area contributed by atoms with Crippen molar-refractivity contribution in [3.8, 4) is 0 Å². The number of carbonyl (C=O) groups excluding carboxylic acids is 2. The van der Waals surface area contributed by atoms with E-state index in [9.17, 15) is 9.59 Å². The average molecular weight is 449 g/mol. The fraction of sp³-hybridized carbons (Fsp3) is 0.429. The normalized spacial score (nSPS) is 14.6. The summed E-state index contributed by atoms with van der Waals surface area (Å²) in [4.78, 5) is 28.1. The van der Waals surface area contributed by atoms with E-state index in [1.54, 1.807) is 0 Å². The first-order chi connectivity index (χ1) is 15.5. The lowest BCUT2D eigenvalue weighted by Gasteiger charge is -2.19. The Balaban J connectivity index is 1.93. The Morgan fingerprint density at radius 3 is 2.18 bits per heavy atom. The van der Waals surface area contributed by atoms with Crippen molar-refractivity contribution in [2.75, 3.05) is 18.5 Å². The molecule has 1 N–H and O–H groups in total. The summed E-state index contributed by atoms with van der Waals surface area (Å²) in [6.45, 7) is 15.3. The Kier molecular flexibility index (Phi) is 7.43. The number of nitrogens with one attached hydrogen (secondary N) is 1. The average Bonchev–Trinajstić information content (AvgIpc) is 2.96. The van der Waals surface area contributed by atoms with Crippen LogP contribution in [0.5, 0.6) is 0 Å². The summed E-state index contributed by atoms with van der Waals surface area (Å²) in [5.74, 6) is -0.556. The van der Waals surface area contributed by atoms with Crippen molar-refractivity contribution in [3.05, 3.63) is 70.4 Å². The van der Waals surface area contributed by atoms with Gasteiger partial charge in [0.1, 0.15) is 5.70 Å². The van der Waals surface area contributed by atoms with E-state index < -0.39 is 0 Å². The van der Waals surface area contributed by atoms with Crippen LogP contribution in [-0.4, -0.2) is 36.0 Å². The molecule has 2 aromatic rings. The fourth-order valence-corrected chi connectivity index (χ4v) is 3.80. The molecule has 0 radical (unpaired) electrons. The van der Waals surface area contributed by atoms with Gasteiger partial charge in [-0.3, -0.25) is 14.5 Å². The quantitative estimate of drug-likeness (QED) is 0.421. The number of anilines is 1. The molecule has 2 aromatic carbocycles. The third kappa shape index (κ3) is 5.72. The van der Waals surface area contributed by atoms with Gasteiger partial charge in [0.15, 0.2) is 0 Å². The minimum Gasteiger partial charge on any atom is -0.379 e. The van der Waals surface area contributed by atoms with Gasteiger partial charge in [0.2, 0.25) is 0 Å². The molecule has 0 saturated carbocycles. The molecule has 5 heteroatoms. The number of carbonyl (C=O) groups is 2. The molecule has 33 heavy (non-hydrogen) atoms. The van der Waals surface area contributed by atoms with Gasteiger partial charge in [-0.05, 0) is 73.9 Å². The van der Waals surface area contributed by atoms with Crippen LogP contribution in [0.15, 0.2) is 48.2 Å². The van der Waals surface area contributed by atoms with Gasteiger partial charge >= 0.3 is 0 Å². The first-order valence-corrected chi connectivity index (χ1v) is 11.7. The number of nitrogens with zero attached hydrogens (tertiary/aromatic N) is 1. The largest absolute Gasteiger partial charge is 0.379 e.